The first kappa shape index (κ1) is 15.2. The minimum Gasteiger partial charge on any atom is -0.317 e. The first-order valence-electron chi connectivity index (χ1n) is 5.56. The van der Waals surface area contributed by atoms with Gasteiger partial charge in [0, 0.05) is 0 Å². The number of hydrogen-bond donors (Lipinski definition) is 1. The summed E-state index contributed by atoms with van der Waals surface area (Å²) in [6.45, 7) is 1.36. The fourth-order valence-electron chi connectivity index (χ4n) is 2.31. The molecule has 0 aromatic heterocycles. The normalized spacial score (nSPS) is 17.3. The van der Waals surface area contributed by atoms with E-state index in [0.29, 0.717) is 25.9 Å². The number of nitrogens with one attached hydrogen (secondary N) is 1. The zero-order chi connectivity index (χ0) is 12.5. The van der Waals surface area contributed by atoms with Gasteiger partial charge in [0.2, 0.25) is 0 Å². The fraction of sp³-hybridized carbons (Fsp3) is 0.500. The van der Waals surface area contributed by atoms with E-state index in [9.17, 15) is 17.6 Å². The van der Waals surface area contributed by atoms with Gasteiger partial charge in [0.1, 0.15) is 5.82 Å². The Morgan fingerprint density at radius 3 is 2.28 bits per heavy atom. The summed E-state index contributed by atoms with van der Waals surface area (Å²) in [5.74, 6) is -1.38. The molecule has 102 valence electrons. The molecule has 0 aliphatic carbocycles. The molecule has 1 nitrogen and oxygen atoms in total. The molecule has 0 unspecified atom stereocenters. The van der Waals surface area contributed by atoms with Gasteiger partial charge in [-0.05, 0) is 43.5 Å². The fourth-order valence-corrected chi connectivity index (χ4v) is 2.31. The molecule has 0 spiro atoms. The SMILES string of the molecule is Cl.Fc1cccc(C2CCNCC2)c1C(F)(F)F. The van der Waals surface area contributed by atoms with Crippen molar-refractivity contribution in [2.45, 2.75) is 24.9 Å². The molecular weight excluding hydrogens is 270 g/mol. The molecule has 6 heteroatoms. The third-order valence-electron chi connectivity index (χ3n) is 3.11. The van der Waals surface area contributed by atoms with E-state index in [1.807, 2.05) is 0 Å². The number of rotatable bonds is 1. The van der Waals surface area contributed by atoms with Gasteiger partial charge in [0.25, 0.3) is 0 Å². The molecule has 1 aromatic rings. The van der Waals surface area contributed by atoms with Gasteiger partial charge in [-0.1, -0.05) is 12.1 Å². The molecule has 1 N–H and O–H groups in total. The van der Waals surface area contributed by atoms with Crippen LogP contribution in [-0.4, -0.2) is 13.1 Å². The highest BCUT2D eigenvalue weighted by Gasteiger charge is 2.38. The van der Waals surface area contributed by atoms with Crippen molar-refractivity contribution in [2.75, 3.05) is 13.1 Å². The molecule has 1 fully saturated rings. The van der Waals surface area contributed by atoms with Crippen molar-refractivity contribution in [1.29, 1.82) is 0 Å². The minimum absolute atomic E-state index is 0. The number of benzene rings is 1. The average Bonchev–Trinajstić information content (AvgIpc) is 2.28. The number of hydrogen-bond acceptors (Lipinski definition) is 1. The molecule has 0 bridgehead atoms. The number of halogens is 5. The molecule has 0 amide bonds. The molecule has 0 radical (unpaired) electrons. The van der Waals surface area contributed by atoms with Crippen LogP contribution < -0.4 is 5.32 Å². The average molecular weight is 284 g/mol. The van der Waals surface area contributed by atoms with Gasteiger partial charge in [0.05, 0.1) is 5.56 Å². The van der Waals surface area contributed by atoms with Gasteiger partial charge in [-0.15, -0.1) is 12.4 Å². The van der Waals surface area contributed by atoms with Gasteiger partial charge >= 0.3 is 6.18 Å². The van der Waals surface area contributed by atoms with E-state index in [-0.39, 0.29) is 23.9 Å². The second-order valence-electron chi connectivity index (χ2n) is 4.23. The summed E-state index contributed by atoms with van der Waals surface area (Å²) < 4.78 is 51.8. The smallest absolute Gasteiger partial charge is 0.317 e. The third-order valence-corrected chi connectivity index (χ3v) is 3.11. The maximum absolute atomic E-state index is 13.4. The first-order valence-corrected chi connectivity index (χ1v) is 5.56. The predicted molar refractivity (Wildman–Crippen MR) is 63.5 cm³/mol. The molecule has 1 aliphatic heterocycles. The van der Waals surface area contributed by atoms with Gasteiger partial charge in [0.15, 0.2) is 0 Å². The largest absolute Gasteiger partial charge is 0.419 e. The summed E-state index contributed by atoms with van der Waals surface area (Å²) in [7, 11) is 0. The van der Waals surface area contributed by atoms with E-state index in [4.69, 9.17) is 0 Å². The van der Waals surface area contributed by atoms with Crippen molar-refractivity contribution < 1.29 is 17.6 Å². The zero-order valence-corrected chi connectivity index (χ0v) is 10.4. The topological polar surface area (TPSA) is 12.0 Å². The molecule has 0 saturated carbocycles. The monoisotopic (exact) mass is 283 g/mol. The lowest BCUT2D eigenvalue weighted by atomic mass is 9.87. The van der Waals surface area contributed by atoms with Crippen molar-refractivity contribution in [3.05, 3.63) is 35.1 Å². The van der Waals surface area contributed by atoms with Crippen LogP contribution in [0.15, 0.2) is 18.2 Å². The number of piperidine rings is 1. The van der Waals surface area contributed by atoms with E-state index in [1.165, 1.54) is 12.1 Å². The van der Waals surface area contributed by atoms with Crippen molar-refractivity contribution in [2.24, 2.45) is 0 Å². The molecule has 1 aliphatic rings. The second kappa shape index (κ2) is 5.89. The van der Waals surface area contributed by atoms with E-state index < -0.39 is 17.6 Å². The van der Waals surface area contributed by atoms with E-state index in [0.717, 1.165) is 6.07 Å². The summed E-state index contributed by atoms with van der Waals surface area (Å²) in [6.07, 6.45) is -3.38. The Balaban J connectivity index is 0.00000162. The van der Waals surface area contributed by atoms with Crippen molar-refractivity contribution >= 4 is 12.4 Å². The lowest BCUT2D eigenvalue weighted by Crippen LogP contribution is -2.28. The van der Waals surface area contributed by atoms with Crippen molar-refractivity contribution in [3.63, 3.8) is 0 Å². The van der Waals surface area contributed by atoms with Gasteiger partial charge in [-0.3, -0.25) is 0 Å². The summed E-state index contributed by atoms with van der Waals surface area (Å²) in [5.41, 5.74) is -0.995. The van der Waals surface area contributed by atoms with E-state index in [2.05, 4.69) is 5.32 Å². The Labute approximate surface area is 109 Å². The minimum atomic E-state index is -4.62. The van der Waals surface area contributed by atoms with Gasteiger partial charge in [-0.25, -0.2) is 4.39 Å². The van der Waals surface area contributed by atoms with Crippen LogP contribution in [0, 0.1) is 5.82 Å². The molecular formula is C12H14ClF4N. The zero-order valence-electron chi connectivity index (χ0n) is 9.56. The van der Waals surface area contributed by atoms with Gasteiger partial charge < -0.3 is 5.32 Å². The lowest BCUT2D eigenvalue weighted by molar-refractivity contribution is -0.140. The molecule has 1 heterocycles. The Morgan fingerprint density at radius 1 is 1.11 bits per heavy atom. The van der Waals surface area contributed by atoms with E-state index in [1.54, 1.807) is 0 Å². The summed E-state index contributed by atoms with van der Waals surface area (Å²) in [6, 6.07) is 3.61. The second-order valence-corrected chi connectivity index (χ2v) is 4.23. The van der Waals surface area contributed by atoms with E-state index >= 15 is 0 Å². The van der Waals surface area contributed by atoms with Crippen LogP contribution >= 0.6 is 12.4 Å². The quantitative estimate of drug-likeness (QED) is 0.774. The Kier molecular flexibility index (Phi) is 4.99. The van der Waals surface area contributed by atoms with Crippen LogP contribution in [-0.2, 0) is 6.18 Å². The molecule has 18 heavy (non-hydrogen) atoms. The highest BCUT2D eigenvalue weighted by atomic mass is 35.5. The van der Waals surface area contributed by atoms with Crippen molar-refractivity contribution in [3.8, 4) is 0 Å². The summed E-state index contributed by atoms with van der Waals surface area (Å²) in [5, 5.41) is 3.08. The maximum atomic E-state index is 13.4. The highest BCUT2D eigenvalue weighted by molar-refractivity contribution is 5.85. The summed E-state index contributed by atoms with van der Waals surface area (Å²) in [4.78, 5) is 0. The van der Waals surface area contributed by atoms with Crippen molar-refractivity contribution in [1.82, 2.24) is 5.32 Å². The van der Waals surface area contributed by atoms with Crippen LogP contribution in [0.4, 0.5) is 17.6 Å². The standard InChI is InChI=1S/C12H13F4N.ClH/c13-10-3-1-2-9(11(10)12(14,15)16)8-4-6-17-7-5-8;/h1-3,8,17H,4-7H2;1H. The Hall–Kier alpha value is -0.810. The number of alkyl halides is 3. The third kappa shape index (κ3) is 3.14. The Morgan fingerprint density at radius 2 is 1.72 bits per heavy atom. The molecule has 0 atom stereocenters. The molecule has 1 aromatic carbocycles. The maximum Gasteiger partial charge on any atom is 0.419 e. The van der Waals surface area contributed by atoms with Gasteiger partial charge in [-0.2, -0.15) is 13.2 Å². The summed E-state index contributed by atoms with van der Waals surface area (Å²) >= 11 is 0. The van der Waals surface area contributed by atoms with Crippen LogP contribution in [0.2, 0.25) is 0 Å². The van der Waals surface area contributed by atoms with Crippen LogP contribution in [0.1, 0.15) is 29.9 Å². The highest BCUT2D eigenvalue weighted by Crippen LogP contribution is 2.39. The van der Waals surface area contributed by atoms with Crippen LogP contribution in [0.5, 0.6) is 0 Å². The Bertz CT molecular complexity index is 400. The lowest BCUT2D eigenvalue weighted by Gasteiger charge is -2.26. The van der Waals surface area contributed by atoms with Crippen LogP contribution in [0.3, 0.4) is 0 Å². The van der Waals surface area contributed by atoms with Crippen LogP contribution in [0.25, 0.3) is 0 Å². The first-order chi connectivity index (χ1) is 8.00. The molecule has 2 rings (SSSR count). The molecule has 1 saturated heterocycles. The predicted octanol–water partition coefficient (Wildman–Crippen LogP) is 3.73.